The fraction of sp³-hybridized carbons (Fsp3) is 0.579. The van der Waals surface area contributed by atoms with Crippen LogP contribution in [-0.2, 0) is 24.3 Å². The number of hydrogen-bond donors (Lipinski definition) is 0. The van der Waals surface area contributed by atoms with E-state index in [9.17, 15) is 18.0 Å². The molecule has 0 aromatic heterocycles. The highest BCUT2D eigenvalue weighted by Gasteiger charge is 2.29. The molecule has 0 aliphatic carbocycles. The number of carbonyl (C=O) groups excluding carboxylic acids is 2. The number of aryl methyl sites for hydroxylation is 1. The number of sulfonamides is 1. The van der Waals surface area contributed by atoms with Crippen LogP contribution >= 0.6 is 0 Å². The van der Waals surface area contributed by atoms with Crippen LogP contribution in [0.1, 0.15) is 35.7 Å². The summed E-state index contributed by atoms with van der Waals surface area (Å²) < 4.78 is 37.6. The average Bonchev–Trinajstić information content (AvgIpc) is 3.22. The van der Waals surface area contributed by atoms with Crippen LogP contribution in [0, 0.1) is 6.92 Å². The molecule has 28 heavy (non-hydrogen) atoms. The van der Waals surface area contributed by atoms with Crippen LogP contribution < -0.4 is 0 Å². The van der Waals surface area contributed by atoms with E-state index >= 15 is 0 Å². The van der Waals surface area contributed by atoms with Crippen molar-refractivity contribution in [2.24, 2.45) is 0 Å². The second-order valence-corrected chi connectivity index (χ2v) is 9.01. The molecule has 154 valence electrons. The lowest BCUT2D eigenvalue weighted by atomic mass is 10.1. The van der Waals surface area contributed by atoms with Crippen LogP contribution in [0.3, 0.4) is 0 Å². The lowest BCUT2D eigenvalue weighted by molar-refractivity contribution is -0.138. The molecule has 0 spiro atoms. The second-order valence-electron chi connectivity index (χ2n) is 7.07. The largest absolute Gasteiger partial charge is 0.449 e. The molecule has 0 radical (unpaired) electrons. The fourth-order valence-electron chi connectivity index (χ4n) is 3.39. The van der Waals surface area contributed by atoms with E-state index in [2.05, 4.69) is 0 Å². The third-order valence-electron chi connectivity index (χ3n) is 5.09. The lowest BCUT2D eigenvalue weighted by Crippen LogP contribution is -2.40. The summed E-state index contributed by atoms with van der Waals surface area (Å²) >= 11 is 0. The van der Waals surface area contributed by atoms with Gasteiger partial charge in [-0.3, -0.25) is 4.79 Å². The zero-order chi connectivity index (χ0) is 20.3. The van der Waals surface area contributed by atoms with Crippen LogP contribution in [0.25, 0.3) is 0 Å². The van der Waals surface area contributed by atoms with Gasteiger partial charge >= 0.3 is 5.97 Å². The van der Waals surface area contributed by atoms with Crippen molar-refractivity contribution in [2.75, 3.05) is 39.4 Å². The Balaban J connectivity index is 1.77. The average molecular weight is 410 g/mol. The second kappa shape index (κ2) is 8.59. The molecule has 2 aliphatic rings. The summed E-state index contributed by atoms with van der Waals surface area (Å²) in [4.78, 5) is 26.7. The normalized spacial score (nSPS) is 19.4. The van der Waals surface area contributed by atoms with E-state index < -0.39 is 22.1 Å². The lowest BCUT2D eigenvalue weighted by Gasteiger charge is -2.26. The topological polar surface area (TPSA) is 93.2 Å². The Morgan fingerprint density at radius 3 is 2.39 bits per heavy atom. The van der Waals surface area contributed by atoms with Gasteiger partial charge in [-0.2, -0.15) is 4.31 Å². The van der Waals surface area contributed by atoms with Gasteiger partial charge in [0.2, 0.25) is 10.0 Å². The van der Waals surface area contributed by atoms with E-state index in [1.165, 1.54) is 16.4 Å². The van der Waals surface area contributed by atoms with Crippen molar-refractivity contribution in [3.05, 3.63) is 29.3 Å². The van der Waals surface area contributed by atoms with Gasteiger partial charge in [-0.15, -0.1) is 0 Å². The Labute approximate surface area is 165 Å². The van der Waals surface area contributed by atoms with Crippen molar-refractivity contribution >= 4 is 21.9 Å². The Hall–Kier alpha value is -1.97. The van der Waals surface area contributed by atoms with Gasteiger partial charge in [-0.25, -0.2) is 13.2 Å². The van der Waals surface area contributed by atoms with Crippen molar-refractivity contribution in [3.8, 4) is 0 Å². The van der Waals surface area contributed by atoms with Crippen LogP contribution in [0.2, 0.25) is 0 Å². The molecule has 2 saturated heterocycles. The summed E-state index contributed by atoms with van der Waals surface area (Å²) in [7, 11) is -3.72. The molecular formula is C19H26N2O6S. The monoisotopic (exact) mass is 410 g/mol. The minimum atomic E-state index is -3.72. The summed E-state index contributed by atoms with van der Waals surface area (Å²) in [6.07, 6.45) is 0.990. The number of morpholine rings is 1. The standard InChI is InChI=1S/C19H26N2O6S/c1-14-5-6-16(28(24,25)21-9-11-26-12-10-21)13-17(14)19(23)27-15(2)18(22)20-7-3-4-8-20/h5-6,13,15H,3-4,7-12H2,1-2H3/t15-/m1/s1. The summed E-state index contributed by atoms with van der Waals surface area (Å²) in [5.74, 6) is -0.919. The van der Waals surface area contributed by atoms with Gasteiger partial charge in [0.05, 0.1) is 23.7 Å². The van der Waals surface area contributed by atoms with Gasteiger partial charge in [0.25, 0.3) is 5.91 Å². The number of rotatable bonds is 5. The Morgan fingerprint density at radius 1 is 1.11 bits per heavy atom. The fourth-order valence-corrected chi connectivity index (χ4v) is 4.82. The van der Waals surface area contributed by atoms with Crippen LogP contribution in [-0.4, -0.2) is 75.0 Å². The maximum Gasteiger partial charge on any atom is 0.339 e. The van der Waals surface area contributed by atoms with Crippen LogP contribution in [0.5, 0.6) is 0 Å². The van der Waals surface area contributed by atoms with E-state index in [0.717, 1.165) is 12.8 Å². The smallest absolute Gasteiger partial charge is 0.339 e. The first kappa shape index (κ1) is 20.8. The van der Waals surface area contributed by atoms with Crippen LogP contribution in [0.15, 0.2) is 23.1 Å². The predicted octanol–water partition coefficient (Wildman–Crippen LogP) is 1.18. The predicted molar refractivity (Wildman–Crippen MR) is 101 cm³/mol. The molecule has 0 unspecified atom stereocenters. The zero-order valence-corrected chi connectivity index (χ0v) is 17.0. The summed E-state index contributed by atoms with van der Waals surface area (Å²) in [5.41, 5.74) is 0.738. The number of ether oxygens (including phenoxy) is 2. The molecule has 0 N–H and O–H groups in total. The van der Waals surface area contributed by atoms with Crippen LogP contribution in [0.4, 0.5) is 0 Å². The van der Waals surface area contributed by atoms with Crippen molar-refractivity contribution in [1.82, 2.24) is 9.21 Å². The number of benzene rings is 1. The number of carbonyl (C=O) groups is 2. The van der Waals surface area contributed by atoms with Gasteiger partial charge in [-0.1, -0.05) is 6.07 Å². The quantitative estimate of drug-likeness (QED) is 0.677. The van der Waals surface area contributed by atoms with Crippen molar-refractivity contribution in [2.45, 2.75) is 37.7 Å². The molecule has 2 aliphatic heterocycles. The minimum absolute atomic E-state index is 0.0328. The molecule has 2 fully saturated rings. The van der Waals surface area contributed by atoms with Crippen molar-refractivity contribution in [3.63, 3.8) is 0 Å². The van der Waals surface area contributed by atoms with E-state index in [-0.39, 0.29) is 29.5 Å². The number of esters is 1. The molecular weight excluding hydrogens is 384 g/mol. The molecule has 8 nitrogen and oxygen atoms in total. The third kappa shape index (κ3) is 4.37. The molecule has 1 amide bonds. The first-order chi connectivity index (χ1) is 13.3. The SMILES string of the molecule is Cc1ccc(S(=O)(=O)N2CCOCC2)cc1C(=O)O[C@H](C)C(=O)N1CCCC1. The van der Waals surface area contributed by atoms with Gasteiger partial charge in [-0.05, 0) is 44.4 Å². The Morgan fingerprint density at radius 2 is 1.75 bits per heavy atom. The highest BCUT2D eigenvalue weighted by molar-refractivity contribution is 7.89. The van der Waals surface area contributed by atoms with E-state index in [0.29, 0.717) is 31.9 Å². The molecule has 0 bridgehead atoms. The third-order valence-corrected chi connectivity index (χ3v) is 6.98. The highest BCUT2D eigenvalue weighted by Crippen LogP contribution is 2.22. The maximum atomic E-state index is 12.8. The van der Waals surface area contributed by atoms with Gasteiger partial charge in [0, 0.05) is 26.2 Å². The first-order valence-corrected chi connectivity index (χ1v) is 10.9. The molecule has 2 heterocycles. The summed E-state index contributed by atoms with van der Waals surface area (Å²) in [6, 6.07) is 4.39. The Bertz CT molecular complexity index is 842. The number of hydrogen-bond acceptors (Lipinski definition) is 6. The van der Waals surface area contributed by atoms with Gasteiger partial charge < -0.3 is 14.4 Å². The maximum absolute atomic E-state index is 12.8. The van der Waals surface area contributed by atoms with Crippen molar-refractivity contribution in [1.29, 1.82) is 0 Å². The molecule has 9 heteroatoms. The highest BCUT2D eigenvalue weighted by atomic mass is 32.2. The van der Waals surface area contributed by atoms with E-state index in [1.807, 2.05) is 0 Å². The molecule has 1 atom stereocenters. The molecule has 0 saturated carbocycles. The van der Waals surface area contributed by atoms with Gasteiger partial charge in [0.15, 0.2) is 6.10 Å². The molecule has 1 aromatic carbocycles. The Kier molecular flexibility index (Phi) is 6.36. The van der Waals surface area contributed by atoms with Crippen molar-refractivity contribution < 1.29 is 27.5 Å². The zero-order valence-electron chi connectivity index (χ0n) is 16.2. The first-order valence-electron chi connectivity index (χ1n) is 9.49. The summed E-state index contributed by atoms with van der Waals surface area (Å²) in [5, 5.41) is 0. The van der Waals surface area contributed by atoms with E-state index in [1.54, 1.807) is 24.8 Å². The molecule has 3 rings (SSSR count). The van der Waals surface area contributed by atoms with Gasteiger partial charge in [0.1, 0.15) is 0 Å². The minimum Gasteiger partial charge on any atom is -0.449 e. The number of nitrogens with zero attached hydrogens (tertiary/aromatic N) is 2. The number of likely N-dealkylation sites (tertiary alicyclic amines) is 1. The number of amides is 1. The van der Waals surface area contributed by atoms with E-state index in [4.69, 9.17) is 9.47 Å². The molecule has 1 aromatic rings. The summed E-state index contributed by atoms with van der Waals surface area (Å²) in [6.45, 7) is 5.83.